The fraction of sp³-hybridized carbons (Fsp3) is 0.100. The van der Waals surface area contributed by atoms with E-state index in [2.05, 4.69) is 21.7 Å². The average molecular weight is 352 g/mol. The lowest BCUT2D eigenvalue weighted by Gasteiger charge is -2.10. The van der Waals surface area contributed by atoms with E-state index in [9.17, 15) is 4.79 Å². The van der Waals surface area contributed by atoms with Gasteiger partial charge in [-0.1, -0.05) is 23.7 Å². The van der Waals surface area contributed by atoms with Crippen LogP contribution >= 0.6 is 11.6 Å². The molecule has 0 aliphatic rings. The highest BCUT2D eigenvalue weighted by molar-refractivity contribution is 6.30. The van der Waals surface area contributed by atoms with Crippen molar-refractivity contribution < 1.29 is 4.79 Å². The summed E-state index contributed by atoms with van der Waals surface area (Å²) in [6, 6.07) is 15.1. The summed E-state index contributed by atoms with van der Waals surface area (Å²) >= 11 is 5.99. The third-order valence-electron chi connectivity index (χ3n) is 3.59. The minimum absolute atomic E-state index is 0.202. The summed E-state index contributed by atoms with van der Waals surface area (Å²) in [5, 5.41) is 6.75. The molecule has 0 aliphatic heterocycles. The normalized spacial score (nSPS) is 10.4. The number of hydrogen-bond donors (Lipinski definition) is 2. The molecule has 3 aromatic rings. The lowest BCUT2D eigenvalue weighted by Crippen LogP contribution is -2.12. The number of nitrogens with one attached hydrogen (secondary N) is 2. The van der Waals surface area contributed by atoms with Gasteiger partial charge in [0.2, 0.25) is 0 Å². The molecule has 4 nitrogen and oxygen atoms in total. The monoisotopic (exact) mass is 351 g/mol. The van der Waals surface area contributed by atoms with Gasteiger partial charge in [0.25, 0.3) is 5.91 Å². The van der Waals surface area contributed by atoms with E-state index in [4.69, 9.17) is 11.6 Å². The Morgan fingerprint density at radius 3 is 2.40 bits per heavy atom. The Labute approximate surface area is 151 Å². The van der Waals surface area contributed by atoms with Crippen molar-refractivity contribution in [3.05, 3.63) is 82.6 Å². The van der Waals surface area contributed by atoms with Gasteiger partial charge in [-0.3, -0.25) is 9.78 Å². The molecule has 0 saturated heterocycles. The number of nitrogens with zero attached hydrogens (tertiary/aromatic N) is 1. The molecule has 0 aliphatic carbocycles. The van der Waals surface area contributed by atoms with Crippen molar-refractivity contribution in [3.8, 4) is 0 Å². The number of anilines is 3. The van der Waals surface area contributed by atoms with Gasteiger partial charge in [-0.25, -0.2) is 0 Å². The maximum Gasteiger partial charge on any atom is 0.257 e. The maximum atomic E-state index is 12.5. The Morgan fingerprint density at radius 2 is 1.68 bits per heavy atom. The molecular formula is C20H18ClN3O. The van der Waals surface area contributed by atoms with E-state index in [-0.39, 0.29) is 5.91 Å². The van der Waals surface area contributed by atoms with Crippen molar-refractivity contribution in [2.45, 2.75) is 13.8 Å². The number of rotatable bonds is 4. The van der Waals surface area contributed by atoms with Crippen LogP contribution in [0.15, 0.2) is 60.9 Å². The molecule has 3 rings (SSSR count). The first-order chi connectivity index (χ1) is 12.0. The summed E-state index contributed by atoms with van der Waals surface area (Å²) in [5.41, 5.74) is 5.01. The van der Waals surface area contributed by atoms with Gasteiger partial charge >= 0.3 is 0 Å². The third-order valence-corrected chi connectivity index (χ3v) is 3.83. The summed E-state index contributed by atoms with van der Waals surface area (Å²) in [6.07, 6.45) is 3.20. The largest absolute Gasteiger partial charge is 0.354 e. The van der Waals surface area contributed by atoms with Crippen molar-refractivity contribution in [2.24, 2.45) is 0 Å². The number of halogens is 1. The van der Waals surface area contributed by atoms with Crippen LogP contribution in [0.3, 0.4) is 0 Å². The van der Waals surface area contributed by atoms with E-state index >= 15 is 0 Å². The second kappa shape index (κ2) is 7.36. The highest BCUT2D eigenvalue weighted by Crippen LogP contribution is 2.21. The number of pyridine rings is 1. The minimum Gasteiger partial charge on any atom is -0.354 e. The molecule has 2 aromatic carbocycles. The van der Waals surface area contributed by atoms with Crippen LogP contribution in [0, 0.1) is 13.8 Å². The van der Waals surface area contributed by atoms with E-state index in [1.165, 1.54) is 0 Å². The van der Waals surface area contributed by atoms with E-state index in [1.807, 2.05) is 44.2 Å². The SMILES string of the molecule is Cc1cc(C)cc(NC(=O)c2cncc(Nc3cccc(Cl)c3)c2)c1. The molecule has 25 heavy (non-hydrogen) atoms. The molecule has 2 N–H and O–H groups in total. The number of amides is 1. The summed E-state index contributed by atoms with van der Waals surface area (Å²) in [7, 11) is 0. The highest BCUT2D eigenvalue weighted by Gasteiger charge is 2.08. The Bertz CT molecular complexity index is 904. The van der Waals surface area contributed by atoms with Gasteiger partial charge < -0.3 is 10.6 Å². The van der Waals surface area contributed by atoms with Gasteiger partial charge in [0.1, 0.15) is 0 Å². The van der Waals surface area contributed by atoms with Gasteiger partial charge in [0, 0.05) is 22.6 Å². The molecule has 0 saturated carbocycles. The molecule has 0 fully saturated rings. The zero-order chi connectivity index (χ0) is 17.8. The van der Waals surface area contributed by atoms with Crippen LogP contribution in [-0.2, 0) is 0 Å². The zero-order valence-corrected chi connectivity index (χ0v) is 14.8. The van der Waals surface area contributed by atoms with Gasteiger partial charge in [-0.15, -0.1) is 0 Å². The first kappa shape index (κ1) is 17.0. The standard InChI is InChI=1S/C20H18ClN3O/c1-13-6-14(2)8-18(7-13)24-20(25)15-9-19(12-22-11-15)23-17-5-3-4-16(21)10-17/h3-12,23H,1-2H3,(H,24,25). The lowest BCUT2D eigenvalue weighted by molar-refractivity contribution is 0.102. The predicted octanol–water partition coefficient (Wildman–Crippen LogP) is 5.35. The summed E-state index contributed by atoms with van der Waals surface area (Å²) in [5.74, 6) is -0.202. The third kappa shape index (κ3) is 4.58. The molecule has 1 heterocycles. The zero-order valence-electron chi connectivity index (χ0n) is 14.0. The maximum absolute atomic E-state index is 12.5. The molecule has 0 atom stereocenters. The number of benzene rings is 2. The van der Waals surface area contributed by atoms with Gasteiger partial charge in [-0.05, 0) is 61.4 Å². The molecule has 5 heteroatoms. The Kier molecular flexibility index (Phi) is 5.00. The van der Waals surface area contributed by atoms with Crippen LogP contribution < -0.4 is 10.6 Å². The van der Waals surface area contributed by atoms with Crippen LogP contribution in [0.25, 0.3) is 0 Å². The number of aromatic nitrogens is 1. The van der Waals surface area contributed by atoms with E-state index in [0.717, 1.165) is 28.2 Å². The summed E-state index contributed by atoms with van der Waals surface area (Å²) in [6.45, 7) is 4.00. The van der Waals surface area contributed by atoms with Crippen molar-refractivity contribution in [2.75, 3.05) is 10.6 Å². The number of hydrogen-bond acceptors (Lipinski definition) is 3. The molecule has 0 spiro atoms. The number of aryl methyl sites for hydroxylation is 2. The molecule has 126 valence electrons. The smallest absolute Gasteiger partial charge is 0.257 e. The number of carbonyl (C=O) groups excluding carboxylic acids is 1. The summed E-state index contributed by atoms with van der Waals surface area (Å²) < 4.78 is 0. The van der Waals surface area contributed by atoms with Crippen LogP contribution in [0.5, 0.6) is 0 Å². The van der Waals surface area contributed by atoms with E-state index < -0.39 is 0 Å². The molecular weight excluding hydrogens is 334 g/mol. The Hall–Kier alpha value is -2.85. The van der Waals surface area contributed by atoms with Crippen LogP contribution in [0.2, 0.25) is 5.02 Å². The highest BCUT2D eigenvalue weighted by atomic mass is 35.5. The quantitative estimate of drug-likeness (QED) is 0.666. The fourth-order valence-electron chi connectivity index (χ4n) is 2.62. The van der Waals surface area contributed by atoms with Crippen LogP contribution in [0.4, 0.5) is 17.1 Å². The van der Waals surface area contributed by atoms with Crippen molar-refractivity contribution >= 4 is 34.6 Å². The molecule has 1 amide bonds. The molecule has 0 bridgehead atoms. The van der Waals surface area contributed by atoms with Crippen LogP contribution in [-0.4, -0.2) is 10.9 Å². The average Bonchev–Trinajstić information content (AvgIpc) is 2.54. The Balaban J connectivity index is 1.77. The van der Waals surface area contributed by atoms with Crippen molar-refractivity contribution in [3.63, 3.8) is 0 Å². The van der Waals surface area contributed by atoms with Crippen LogP contribution in [0.1, 0.15) is 21.5 Å². The van der Waals surface area contributed by atoms with E-state index in [1.54, 1.807) is 24.5 Å². The Morgan fingerprint density at radius 1 is 0.920 bits per heavy atom. The first-order valence-electron chi connectivity index (χ1n) is 7.87. The second-order valence-corrected chi connectivity index (χ2v) is 6.36. The predicted molar refractivity (Wildman–Crippen MR) is 103 cm³/mol. The molecule has 1 aromatic heterocycles. The summed E-state index contributed by atoms with van der Waals surface area (Å²) in [4.78, 5) is 16.6. The van der Waals surface area contributed by atoms with Crippen molar-refractivity contribution in [1.29, 1.82) is 0 Å². The fourth-order valence-corrected chi connectivity index (χ4v) is 2.81. The topological polar surface area (TPSA) is 54.0 Å². The van der Waals surface area contributed by atoms with Gasteiger partial charge in [-0.2, -0.15) is 0 Å². The van der Waals surface area contributed by atoms with Gasteiger partial charge in [0.15, 0.2) is 0 Å². The van der Waals surface area contributed by atoms with Crippen molar-refractivity contribution in [1.82, 2.24) is 4.98 Å². The minimum atomic E-state index is -0.202. The van der Waals surface area contributed by atoms with E-state index in [0.29, 0.717) is 10.6 Å². The number of carbonyl (C=O) groups is 1. The molecule has 0 radical (unpaired) electrons. The molecule has 0 unspecified atom stereocenters. The lowest BCUT2D eigenvalue weighted by atomic mass is 10.1. The second-order valence-electron chi connectivity index (χ2n) is 5.93. The first-order valence-corrected chi connectivity index (χ1v) is 8.25. The van der Waals surface area contributed by atoms with Gasteiger partial charge in [0.05, 0.1) is 17.4 Å².